The molecule has 262 valence electrons. The van der Waals surface area contributed by atoms with Gasteiger partial charge in [-0.2, -0.15) is 0 Å². The van der Waals surface area contributed by atoms with Crippen LogP contribution in [0.25, 0.3) is 0 Å². The molecule has 0 heterocycles. The van der Waals surface area contributed by atoms with Gasteiger partial charge in [0.25, 0.3) is 0 Å². The maximum absolute atomic E-state index is 12.9. The fraction of sp³-hybridized carbons (Fsp3) is 0.833. The van der Waals surface area contributed by atoms with Crippen LogP contribution < -0.4 is 37.9 Å². The lowest BCUT2D eigenvalue weighted by Crippen LogP contribution is -2.55. The van der Waals surface area contributed by atoms with Crippen molar-refractivity contribution in [2.45, 2.75) is 141 Å². The summed E-state index contributed by atoms with van der Waals surface area (Å²) >= 11 is 5.45. The number of amides is 3. The van der Waals surface area contributed by atoms with Crippen molar-refractivity contribution in [2.24, 2.45) is 22.2 Å². The van der Waals surface area contributed by atoms with E-state index in [0.29, 0.717) is 25.8 Å². The molecule has 0 aliphatic rings. The van der Waals surface area contributed by atoms with Gasteiger partial charge in [-0.15, -0.1) is 0 Å². The summed E-state index contributed by atoms with van der Waals surface area (Å²) in [5, 5.41) is 8.28. The molecule has 0 radical (unpaired) electrons. The second kappa shape index (κ2) is 25.6. The van der Waals surface area contributed by atoms with Crippen LogP contribution in [0.15, 0.2) is 4.99 Å². The third-order valence-corrected chi connectivity index (χ3v) is 8.34. The van der Waals surface area contributed by atoms with Crippen molar-refractivity contribution in [3.63, 3.8) is 0 Å². The molecular formula is C30H60N8O5S2. The van der Waals surface area contributed by atoms with Crippen LogP contribution in [0.5, 0.6) is 0 Å². The molecule has 0 aliphatic carbocycles. The first-order valence-electron chi connectivity index (χ1n) is 16.5. The van der Waals surface area contributed by atoms with E-state index in [0.717, 1.165) is 24.1 Å². The molecule has 0 saturated heterocycles. The molecule has 3 amide bonds. The monoisotopic (exact) mass is 676 g/mol. The van der Waals surface area contributed by atoms with Gasteiger partial charge in [0.2, 0.25) is 27.7 Å². The lowest BCUT2D eigenvalue weighted by molar-refractivity contribution is -0.131. The minimum absolute atomic E-state index is 0.0854. The Balaban J connectivity index is 4.44. The highest BCUT2D eigenvalue weighted by molar-refractivity contribution is 7.88. The minimum Gasteiger partial charge on any atom is -0.380 e. The maximum atomic E-state index is 12.9. The molecule has 0 bridgehead atoms. The lowest BCUT2D eigenvalue weighted by Gasteiger charge is -2.22. The normalized spacial score (nSPS) is 13.3. The SMILES string of the molecule is CCCCCCCCCCCCCC(=S)NCCCC[C@H](NS(C)(=O)=O)C(=O)N[C@@H](C)C(=O)N[C@@H](CCCN=C(N)N)C(N)=O. The molecule has 10 N–H and O–H groups in total. The van der Waals surface area contributed by atoms with E-state index in [2.05, 4.69) is 32.6 Å². The zero-order valence-electron chi connectivity index (χ0n) is 27.7. The molecule has 0 aromatic rings. The van der Waals surface area contributed by atoms with E-state index in [-0.39, 0.29) is 25.3 Å². The largest absolute Gasteiger partial charge is 0.380 e. The van der Waals surface area contributed by atoms with Crippen molar-refractivity contribution in [2.75, 3.05) is 19.3 Å². The van der Waals surface area contributed by atoms with E-state index < -0.39 is 45.9 Å². The van der Waals surface area contributed by atoms with Crippen LogP contribution in [-0.2, 0) is 24.4 Å². The highest BCUT2D eigenvalue weighted by Gasteiger charge is 2.27. The number of hydrogen-bond acceptors (Lipinski definition) is 7. The van der Waals surface area contributed by atoms with Crippen LogP contribution >= 0.6 is 12.2 Å². The number of rotatable bonds is 28. The summed E-state index contributed by atoms with van der Waals surface area (Å²) in [5.41, 5.74) is 15.9. The summed E-state index contributed by atoms with van der Waals surface area (Å²) in [4.78, 5) is 42.0. The van der Waals surface area contributed by atoms with Gasteiger partial charge >= 0.3 is 0 Å². The van der Waals surface area contributed by atoms with Crippen LogP contribution in [0.3, 0.4) is 0 Å². The Morgan fingerprint density at radius 2 is 1.31 bits per heavy atom. The quantitative estimate of drug-likeness (QED) is 0.0279. The first kappa shape index (κ1) is 42.5. The molecule has 0 aromatic carbocycles. The number of aliphatic imine (C=N–C) groups is 1. The Labute approximate surface area is 276 Å². The number of primary amides is 1. The van der Waals surface area contributed by atoms with Gasteiger partial charge in [0.1, 0.15) is 18.1 Å². The van der Waals surface area contributed by atoms with Gasteiger partial charge in [-0.1, -0.05) is 83.3 Å². The van der Waals surface area contributed by atoms with Gasteiger partial charge in [-0.3, -0.25) is 19.4 Å². The average Bonchev–Trinajstić information content (AvgIpc) is 2.95. The average molecular weight is 677 g/mol. The molecule has 0 rings (SSSR count). The van der Waals surface area contributed by atoms with Crippen molar-refractivity contribution in [1.29, 1.82) is 0 Å². The highest BCUT2D eigenvalue weighted by atomic mass is 32.2. The summed E-state index contributed by atoms with van der Waals surface area (Å²) in [6.07, 6.45) is 18.0. The number of hydrogen-bond donors (Lipinski definition) is 7. The van der Waals surface area contributed by atoms with Crippen molar-refractivity contribution < 1.29 is 22.8 Å². The molecule has 3 atom stereocenters. The molecule has 13 nitrogen and oxygen atoms in total. The van der Waals surface area contributed by atoms with E-state index >= 15 is 0 Å². The number of thiocarbonyl (C=S) groups is 1. The van der Waals surface area contributed by atoms with Crippen LogP contribution in [-0.4, -0.2) is 74.6 Å². The van der Waals surface area contributed by atoms with E-state index in [1.807, 2.05) is 0 Å². The van der Waals surface area contributed by atoms with Gasteiger partial charge in [-0.25, -0.2) is 13.1 Å². The molecule has 0 fully saturated rings. The van der Waals surface area contributed by atoms with Gasteiger partial charge < -0.3 is 33.2 Å². The first-order valence-corrected chi connectivity index (χ1v) is 18.8. The summed E-state index contributed by atoms with van der Waals surface area (Å²) in [5.74, 6) is -2.11. The summed E-state index contributed by atoms with van der Waals surface area (Å²) < 4.78 is 26.1. The van der Waals surface area contributed by atoms with Crippen molar-refractivity contribution in [3.05, 3.63) is 0 Å². The molecule has 15 heteroatoms. The Morgan fingerprint density at radius 3 is 1.84 bits per heavy atom. The molecule has 45 heavy (non-hydrogen) atoms. The minimum atomic E-state index is -3.69. The predicted molar refractivity (Wildman–Crippen MR) is 186 cm³/mol. The number of guanidine groups is 1. The molecular weight excluding hydrogens is 617 g/mol. The van der Waals surface area contributed by atoms with E-state index in [9.17, 15) is 22.8 Å². The third kappa shape index (κ3) is 25.4. The van der Waals surface area contributed by atoms with Crippen LogP contribution in [0.1, 0.15) is 123 Å². The van der Waals surface area contributed by atoms with Crippen LogP contribution in [0, 0.1) is 0 Å². The van der Waals surface area contributed by atoms with Crippen LogP contribution in [0.2, 0.25) is 0 Å². The van der Waals surface area contributed by atoms with Gasteiger partial charge in [0, 0.05) is 13.1 Å². The van der Waals surface area contributed by atoms with Crippen molar-refractivity contribution >= 4 is 50.9 Å². The van der Waals surface area contributed by atoms with E-state index in [1.54, 1.807) is 0 Å². The van der Waals surface area contributed by atoms with Gasteiger partial charge in [-0.05, 0) is 51.9 Å². The van der Waals surface area contributed by atoms with Gasteiger partial charge in [0.15, 0.2) is 5.96 Å². The number of nitrogens with two attached hydrogens (primary N) is 3. The zero-order valence-corrected chi connectivity index (χ0v) is 29.3. The smallest absolute Gasteiger partial charge is 0.242 e. The number of nitrogens with one attached hydrogen (secondary N) is 4. The Hall–Kier alpha value is -2.52. The molecule has 0 aromatic heterocycles. The maximum Gasteiger partial charge on any atom is 0.242 e. The van der Waals surface area contributed by atoms with E-state index in [1.165, 1.54) is 71.1 Å². The lowest BCUT2D eigenvalue weighted by atomic mass is 10.1. The molecule has 0 spiro atoms. The fourth-order valence-electron chi connectivity index (χ4n) is 4.71. The number of sulfonamides is 1. The topological polar surface area (TPSA) is 224 Å². The number of carbonyl (C=O) groups excluding carboxylic acids is 3. The third-order valence-electron chi connectivity index (χ3n) is 7.28. The highest BCUT2D eigenvalue weighted by Crippen LogP contribution is 2.12. The second-order valence-corrected chi connectivity index (χ2v) is 14.0. The summed E-state index contributed by atoms with van der Waals surface area (Å²) in [6, 6.07) is -3.09. The second-order valence-electron chi connectivity index (χ2n) is 11.7. The molecule has 0 unspecified atom stereocenters. The number of unbranched alkanes of at least 4 members (excludes halogenated alkanes) is 11. The summed E-state index contributed by atoms with van der Waals surface area (Å²) in [7, 11) is -3.69. The Bertz CT molecular complexity index is 1010. The molecule has 0 aliphatic heterocycles. The molecule has 0 saturated carbocycles. The summed E-state index contributed by atoms with van der Waals surface area (Å²) in [6.45, 7) is 4.56. The van der Waals surface area contributed by atoms with Crippen molar-refractivity contribution in [3.8, 4) is 0 Å². The van der Waals surface area contributed by atoms with E-state index in [4.69, 9.17) is 29.4 Å². The number of nitrogens with zero attached hydrogens (tertiary/aromatic N) is 1. The number of carbonyl (C=O) groups is 3. The Morgan fingerprint density at radius 1 is 0.756 bits per heavy atom. The zero-order chi connectivity index (χ0) is 34.1. The van der Waals surface area contributed by atoms with Gasteiger partial charge in [0.05, 0.1) is 11.2 Å². The van der Waals surface area contributed by atoms with Crippen LogP contribution in [0.4, 0.5) is 0 Å². The Kier molecular flexibility index (Phi) is 24.2. The van der Waals surface area contributed by atoms with Crippen molar-refractivity contribution in [1.82, 2.24) is 20.7 Å². The predicted octanol–water partition coefficient (Wildman–Crippen LogP) is 2.22. The first-order chi connectivity index (χ1) is 21.3. The fourth-order valence-corrected chi connectivity index (χ4v) is 5.69. The standard InChI is InChI=1S/C30H60N8O5S2/c1-4-5-6-7-8-9-10-11-12-13-14-20-26(44)34-21-16-15-18-25(38-45(3,42)43)29(41)36-23(2)28(40)37-24(27(31)39)19-17-22-35-30(32)33/h23-25,38H,4-22H2,1-3H3,(H2,31,39)(H,34,44)(H,36,41)(H,37,40)(H4,32,33,35)/t23-,24-,25-/m0/s1.